The molecule has 112 valence electrons. The number of nitrogens with one attached hydrogen (secondary N) is 1. The topological polar surface area (TPSA) is 62.8 Å². The molecular formula is C18H19N3S. The molecule has 0 saturated heterocycles. The fourth-order valence-electron chi connectivity index (χ4n) is 2.70. The molecule has 0 unspecified atom stereocenters. The summed E-state index contributed by atoms with van der Waals surface area (Å²) in [6.07, 6.45) is 2.68. The number of nitrogen functional groups attached to an aromatic ring is 1. The van der Waals surface area contributed by atoms with E-state index in [2.05, 4.69) is 49.4 Å². The summed E-state index contributed by atoms with van der Waals surface area (Å²) in [5.41, 5.74) is 7.93. The van der Waals surface area contributed by atoms with Crippen LogP contribution in [0.4, 0.5) is 0 Å². The third-order valence-electron chi connectivity index (χ3n) is 3.69. The second kappa shape index (κ2) is 6.28. The van der Waals surface area contributed by atoms with Crippen LogP contribution in [0.3, 0.4) is 0 Å². The summed E-state index contributed by atoms with van der Waals surface area (Å²) in [4.78, 5) is 5.55. The first-order valence-corrected chi connectivity index (χ1v) is 8.30. The Labute approximate surface area is 134 Å². The van der Waals surface area contributed by atoms with Crippen molar-refractivity contribution in [2.24, 2.45) is 5.73 Å². The van der Waals surface area contributed by atoms with Crippen LogP contribution in [-0.4, -0.2) is 10.8 Å². The zero-order valence-corrected chi connectivity index (χ0v) is 13.4. The van der Waals surface area contributed by atoms with Gasteiger partial charge in [0, 0.05) is 6.42 Å². The minimum absolute atomic E-state index is 0.130. The van der Waals surface area contributed by atoms with Gasteiger partial charge in [-0.05, 0) is 22.8 Å². The van der Waals surface area contributed by atoms with E-state index in [0.717, 1.165) is 34.8 Å². The highest BCUT2D eigenvalue weighted by atomic mass is 32.1. The predicted octanol–water partition coefficient (Wildman–Crippen LogP) is 4.12. The summed E-state index contributed by atoms with van der Waals surface area (Å²) >= 11 is 1.55. The number of rotatable bonds is 5. The standard InChI is InChI=1S/C18H19N3S/c1-2-6-15-17(18(19)20)22-16(21-15)11-13-9-5-8-12-7-3-4-10-14(12)13/h3-5,7-10H,2,6,11H2,1H3,(H3,19,20). The average Bonchev–Trinajstić information content (AvgIpc) is 2.91. The normalized spacial score (nSPS) is 11.0. The van der Waals surface area contributed by atoms with E-state index < -0.39 is 0 Å². The van der Waals surface area contributed by atoms with Crippen molar-refractivity contribution in [3.05, 3.63) is 63.6 Å². The van der Waals surface area contributed by atoms with Gasteiger partial charge in [0.05, 0.1) is 15.6 Å². The first-order valence-electron chi connectivity index (χ1n) is 7.48. The maximum atomic E-state index is 7.73. The van der Waals surface area contributed by atoms with Gasteiger partial charge in [-0.25, -0.2) is 4.98 Å². The maximum Gasteiger partial charge on any atom is 0.135 e. The lowest BCUT2D eigenvalue weighted by Crippen LogP contribution is -2.11. The molecule has 0 aliphatic heterocycles. The first-order chi connectivity index (χ1) is 10.7. The Bertz CT molecular complexity index is 815. The van der Waals surface area contributed by atoms with Gasteiger partial charge < -0.3 is 5.73 Å². The fourth-order valence-corrected chi connectivity index (χ4v) is 3.70. The molecule has 2 aromatic carbocycles. The van der Waals surface area contributed by atoms with Gasteiger partial charge in [0.15, 0.2) is 0 Å². The zero-order valence-electron chi connectivity index (χ0n) is 12.6. The molecule has 0 atom stereocenters. The molecule has 1 aromatic heterocycles. The highest BCUT2D eigenvalue weighted by molar-refractivity contribution is 7.13. The molecule has 0 radical (unpaired) electrons. The smallest absolute Gasteiger partial charge is 0.135 e. The molecule has 22 heavy (non-hydrogen) atoms. The number of hydrogen-bond acceptors (Lipinski definition) is 3. The number of aryl methyl sites for hydroxylation is 1. The Kier molecular flexibility index (Phi) is 4.20. The second-order valence-electron chi connectivity index (χ2n) is 5.36. The minimum atomic E-state index is 0.130. The molecule has 3 aromatic rings. The highest BCUT2D eigenvalue weighted by Crippen LogP contribution is 2.25. The van der Waals surface area contributed by atoms with Crippen LogP contribution < -0.4 is 5.73 Å². The molecule has 1 heterocycles. The fraction of sp³-hybridized carbons (Fsp3) is 0.222. The van der Waals surface area contributed by atoms with E-state index in [0.29, 0.717) is 0 Å². The molecule has 3 rings (SSSR count). The molecule has 0 aliphatic carbocycles. The van der Waals surface area contributed by atoms with Crippen molar-refractivity contribution in [2.75, 3.05) is 0 Å². The molecule has 0 amide bonds. The summed E-state index contributed by atoms with van der Waals surface area (Å²) in [5, 5.41) is 11.3. The van der Waals surface area contributed by atoms with Crippen LogP contribution in [0.2, 0.25) is 0 Å². The third-order valence-corrected chi connectivity index (χ3v) is 4.83. The number of benzene rings is 2. The van der Waals surface area contributed by atoms with Crippen molar-refractivity contribution in [1.82, 2.24) is 4.98 Å². The lowest BCUT2D eigenvalue weighted by atomic mass is 10.0. The molecule has 3 N–H and O–H groups in total. The molecule has 0 bridgehead atoms. The number of amidine groups is 1. The van der Waals surface area contributed by atoms with Gasteiger partial charge >= 0.3 is 0 Å². The zero-order chi connectivity index (χ0) is 15.5. The van der Waals surface area contributed by atoms with Crippen molar-refractivity contribution >= 4 is 27.9 Å². The van der Waals surface area contributed by atoms with Gasteiger partial charge in [-0.15, -0.1) is 11.3 Å². The summed E-state index contributed by atoms with van der Waals surface area (Å²) < 4.78 is 0. The Morgan fingerprint density at radius 2 is 1.95 bits per heavy atom. The van der Waals surface area contributed by atoms with E-state index in [-0.39, 0.29) is 5.84 Å². The Hall–Kier alpha value is -2.20. The summed E-state index contributed by atoms with van der Waals surface area (Å²) in [6.45, 7) is 2.12. The third kappa shape index (κ3) is 2.88. The van der Waals surface area contributed by atoms with Gasteiger partial charge in [-0.2, -0.15) is 0 Å². The van der Waals surface area contributed by atoms with Crippen molar-refractivity contribution in [2.45, 2.75) is 26.2 Å². The van der Waals surface area contributed by atoms with Gasteiger partial charge in [0.1, 0.15) is 5.84 Å². The molecular weight excluding hydrogens is 290 g/mol. The Morgan fingerprint density at radius 1 is 1.18 bits per heavy atom. The lowest BCUT2D eigenvalue weighted by molar-refractivity contribution is 0.881. The van der Waals surface area contributed by atoms with Crippen LogP contribution in [-0.2, 0) is 12.8 Å². The Balaban J connectivity index is 1.98. The van der Waals surface area contributed by atoms with Gasteiger partial charge in [0.25, 0.3) is 0 Å². The monoisotopic (exact) mass is 309 g/mol. The lowest BCUT2D eigenvalue weighted by Gasteiger charge is -2.04. The van der Waals surface area contributed by atoms with Crippen LogP contribution in [0.1, 0.15) is 34.5 Å². The van der Waals surface area contributed by atoms with E-state index in [1.807, 2.05) is 0 Å². The van der Waals surface area contributed by atoms with Crippen LogP contribution in [0.15, 0.2) is 42.5 Å². The Morgan fingerprint density at radius 3 is 2.73 bits per heavy atom. The first kappa shape index (κ1) is 14.7. The molecule has 0 spiro atoms. The number of thiazole rings is 1. The minimum Gasteiger partial charge on any atom is -0.383 e. The number of hydrogen-bond donors (Lipinski definition) is 2. The predicted molar refractivity (Wildman–Crippen MR) is 93.9 cm³/mol. The number of nitrogens with two attached hydrogens (primary N) is 1. The van der Waals surface area contributed by atoms with E-state index in [9.17, 15) is 0 Å². The number of fused-ring (bicyclic) bond motifs is 1. The quantitative estimate of drug-likeness (QED) is 0.550. The van der Waals surface area contributed by atoms with Gasteiger partial charge in [-0.1, -0.05) is 55.8 Å². The molecule has 0 fully saturated rings. The van der Waals surface area contributed by atoms with Crippen molar-refractivity contribution in [1.29, 1.82) is 5.41 Å². The highest BCUT2D eigenvalue weighted by Gasteiger charge is 2.14. The average molecular weight is 309 g/mol. The van der Waals surface area contributed by atoms with E-state index in [4.69, 9.17) is 16.1 Å². The van der Waals surface area contributed by atoms with Crippen LogP contribution in [0.25, 0.3) is 10.8 Å². The van der Waals surface area contributed by atoms with E-state index in [1.54, 1.807) is 11.3 Å². The van der Waals surface area contributed by atoms with E-state index >= 15 is 0 Å². The summed E-state index contributed by atoms with van der Waals surface area (Å²) in [7, 11) is 0. The number of aromatic nitrogens is 1. The van der Waals surface area contributed by atoms with Crippen LogP contribution in [0.5, 0.6) is 0 Å². The van der Waals surface area contributed by atoms with Crippen LogP contribution in [0, 0.1) is 5.41 Å². The van der Waals surface area contributed by atoms with Gasteiger partial charge in [-0.3, -0.25) is 5.41 Å². The van der Waals surface area contributed by atoms with Crippen LogP contribution >= 0.6 is 11.3 Å². The summed E-state index contributed by atoms with van der Waals surface area (Å²) in [6, 6.07) is 14.8. The maximum absolute atomic E-state index is 7.73. The molecule has 3 nitrogen and oxygen atoms in total. The molecule has 0 saturated carbocycles. The second-order valence-corrected chi connectivity index (χ2v) is 6.45. The molecule has 4 heteroatoms. The van der Waals surface area contributed by atoms with Crippen molar-refractivity contribution < 1.29 is 0 Å². The SMILES string of the molecule is CCCc1nc(Cc2cccc3ccccc23)sc1C(=N)N. The summed E-state index contributed by atoms with van der Waals surface area (Å²) in [5.74, 6) is 0.130. The molecule has 0 aliphatic rings. The van der Waals surface area contributed by atoms with Crippen molar-refractivity contribution in [3.8, 4) is 0 Å². The van der Waals surface area contributed by atoms with E-state index in [1.165, 1.54) is 16.3 Å². The number of nitrogens with zero attached hydrogens (tertiary/aromatic N) is 1. The largest absolute Gasteiger partial charge is 0.383 e. The van der Waals surface area contributed by atoms with Crippen molar-refractivity contribution in [3.63, 3.8) is 0 Å². The van der Waals surface area contributed by atoms with Gasteiger partial charge in [0.2, 0.25) is 0 Å².